The first-order valence-corrected chi connectivity index (χ1v) is 10.0. The van der Waals surface area contributed by atoms with Gasteiger partial charge in [-0.2, -0.15) is 0 Å². The molecule has 146 valence electrons. The minimum Gasteiger partial charge on any atom is -0.484 e. The van der Waals surface area contributed by atoms with Gasteiger partial charge in [-0.3, -0.25) is 4.79 Å². The maximum Gasteiger partial charge on any atom is 0.262 e. The van der Waals surface area contributed by atoms with Gasteiger partial charge in [0.15, 0.2) is 6.61 Å². The van der Waals surface area contributed by atoms with E-state index in [0.717, 1.165) is 6.07 Å². The third-order valence-corrected chi connectivity index (χ3v) is 5.12. The van der Waals surface area contributed by atoms with E-state index < -0.39 is 21.7 Å². The molecule has 2 N–H and O–H groups in total. The Balaban J connectivity index is 1.90. The highest BCUT2D eigenvalue weighted by atomic mass is 35.5. The van der Waals surface area contributed by atoms with Gasteiger partial charge >= 0.3 is 0 Å². The molecule has 0 atom stereocenters. The Morgan fingerprint density at radius 3 is 2.44 bits per heavy atom. The third kappa shape index (κ3) is 6.50. The van der Waals surface area contributed by atoms with E-state index in [4.69, 9.17) is 16.3 Å². The van der Waals surface area contributed by atoms with E-state index in [0.29, 0.717) is 18.0 Å². The molecule has 2 aromatic rings. The number of carbonyl (C=O) groups is 1. The molecule has 0 aliphatic carbocycles. The van der Waals surface area contributed by atoms with Crippen LogP contribution in [0.5, 0.6) is 5.75 Å². The van der Waals surface area contributed by atoms with Crippen molar-refractivity contribution in [2.24, 2.45) is 5.92 Å². The van der Waals surface area contributed by atoms with Gasteiger partial charge < -0.3 is 10.1 Å². The van der Waals surface area contributed by atoms with E-state index in [9.17, 15) is 17.6 Å². The normalized spacial score (nSPS) is 11.4. The van der Waals surface area contributed by atoms with Gasteiger partial charge in [0.1, 0.15) is 11.6 Å². The number of hydrogen-bond acceptors (Lipinski definition) is 4. The number of sulfonamides is 1. The number of hydrogen-bond donors (Lipinski definition) is 2. The summed E-state index contributed by atoms with van der Waals surface area (Å²) in [7, 11) is -3.58. The predicted molar refractivity (Wildman–Crippen MR) is 102 cm³/mol. The quantitative estimate of drug-likeness (QED) is 0.693. The number of amides is 1. The highest BCUT2D eigenvalue weighted by Gasteiger charge is 2.14. The summed E-state index contributed by atoms with van der Waals surface area (Å²) >= 11 is 5.65. The summed E-state index contributed by atoms with van der Waals surface area (Å²) in [6.45, 7) is 3.86. The van der Waals surface area contributed by atoms with Gasteiger partial charge in [0.05, 0.1) is 9.92 Å². The number of benzene rings is 2. The van der Waals surface area contributed by atoms with Crippen molar-refractivity contribution in [3.8, 4) is 5.75 Å². The summed E-state index contributed by atoms with van der Waals surface area (Å²) in [5.74, 6) is -0.515. The maximum absolute atomic E-state index is 13.1. The van der Waals surface area contributed by atoms with E-state index in [2.05, 4.69) is 10.0 Å². The molecule has 0 fully saturated rings. The monoisotopic (exact) mass is 414 g/mol. The van der Waals surface area contributed by atoms with E-state index in [-0.39, 0.29) is 22.4 Å². The van der Waals surface area contributed by atoms with Crippen molar-refractivity contribution in [3.05, 3.63) is 53.3 Å². The third-order valence-electron chi connectivity index (χ3n) is 3.39. The number of carbonyl (C=O) groups excluding carboxylic acids is 1. The molecule has 6 nitrogen and oxygen atoms in total. The van der Waals surface area contributed by atoms with Crippen LogP contribution < -0.4 is 14.8 Å². The fourth-order valence-electron chi connectivity index (χ4n) is 1.99. The maximum atomic E-state index is 13.1. The topological polar surface area (TPSA) is 84.5 Å². The molecule has 0 spiro atoms. The summed E-state index contributed by atoms with van der Waals surface area (Å²) in [5, 5.41) is 2.42. The summed E-state index contributed by atoms with van der Waals surface area (Å²) in [6, 6.07) is 9.54. The van der Waals surface area contributed by atoms with E-state index in [1.807, 2.05) is 13.8 Å². The number of ether oxygens (including phenoxy) is 1. The highest BCUT2D eigenvalue weighted by Crippen LogP contribution is 2.20. The zero-order valence-electron chi connectivity index (χ0n) is 14.8. The van der Waals surface area contributed by atoms with Gasteiger partial charge in [0.2, 0.25) is 10.0 Å². The molecule has 0 saturated heterocycles. The van der Waals surface area contributed by atoms with E-state index in [1.165, 1.54) is 36.4 Å². The second-order valence-corrected chi connectivity index (χ2v) is 8.36. The summed E-state index contributed by atoms with van der Waals surface area (Å²) < 4.78 is 45.2. The van der Waals surface area contributed by atoms with Crippen LogP contribution in [-0.2, 0) is 14.8 Å². The van der Waals surface area contributed by atoms with Gasteiger partial charge in [0.25, 0.3) is 5.91 Å². The Morgan fingerprint density at radius 1 is 1.19 bits per heavy atom. The van der Waals surface area contributed by atoms with Gasteiger partial charge in [-0.15, -0.1) is 0 Å². The first-order valence-electron chi connectivity index (χ1n) is 8.15. The van der Waals surface area contributed by atoms with Crippen molar-refractivity contribution < 1.29 is 22.3 Å². The summed E-state index contributed by atoms with van der Waals surface area (Å²) in [6.07, 6.45) is 0. The molecule has 0 aromatic heterocycles. The van der Waals surface area contributed by atoms with E-state index in [1.54, 1.807) is 0 Å². The standard InChI is InChI=1S/C18H20ClFN2O4S/c1-12(2)10-21-27(24,25)15-6-4-14(5-7-15)26-11-18(23)22-13-3-8-17(20)16(19)9-13/h3-9,12,21H,10-11H2,1-2H3,(H,22,23). The smallest absolute Gasteiger partial charge is 0.262 e. The molecule has 0 radical (unpaired) electrons. The highest BCUT2D eigenvalue weighted by molar-refractivity contribution is 7.89. The lowest BCUT2D eigenvalue weighted by atomic mass is 10.2. The lowest BCUT2D eigenvalue weighted by Gasteiger charge is -2.10. The van der Waals surface area contributed by atoms with Crippen LogP contribution in [0.4, 0.5) is 10.1 Å². The van der Waals surface area contributed by atoms with Crippen molar-refractivity contribution >= 4 is 33.2 Å². The number of halogens is 2. The molecular formula is C18H20ClFN2O4S. The van der Waals surface area contributed by atoms with Gasteiger partial charge in [0, 0.05) is 12.2 Å². The second kappa shape index (κ2) is 9.16. The molecule has 2 rings (SSSR count). The Bertz CT molecular complexity index is 902. The Hall–Kier alpha value is -2.16. The van der Waals surface area contributed by atoms with Gasteiger partial charge in [-0.25, -0.2) is 17.5 Å². The average Bonchev–Trinajstić information content (AvgIpc) is 2.62. The minimum atomic E-state index is -3.58. The lowest BCUT2D eigenvalue weighted by Crippen LogP contribution is -2.27. The first-order chi connectivity index (χ1) is 12.7. The molecule has 9 heteroatoms. The molecule has 1 amide bonds. The zero-order valence-corrected chi connectivity index (χ0v) is 16.4. The van der Waals surface area contributed by atoms with Crippen LogP contribution in [0.1, 0.15) is 13.8 Å². The first kappa shape index (κ1) is 21.1. The van der Waals surface area contributed by atoms with Crippen LogP contribution in [0.3, 0.4) is 0 Å². The number of anilines is 1. The van der Waals surface area contributed by atoms with Crippen LogP contribution >= 0.6 is 11.6 Å². The Kier molecular flexibility index (Phi) is 7.18. The molecule has 27 heavy (non-hydrogen) atoms. The Morgan fingerprint density at radius 2 is 1.85 bits per heavy atom. The number of rotatable bonds is 8. The Labute approximate surface area is 162 Å². The summed E-state index contributed by atoms with van der Waals surface area (Å²) in [4.78, 5) is 12.0. The molecule has 0 aliphatic rings. The van der Waals surface area contributed by atoms with Crippen LogP contribution in [0, 0.1) is 11.7 Å². The van der Waals surface area contributed by atoms with Crippen molar-refractivity contribution in [2.75, 3.05) is 18.5 Å². The molecule has 2 aromatic carbocycles. The van der Waals surface area contributed by atoms with Crippen LogP contribution in [0.2, 0.25) is 5.02 Å². The molecule has 0 bridgehead atoms. The van der Waals surface area contributed by atoms with Crippen molar-refractivity contribution in [3.63, 3.8) is 0 Å². The van der Waals surface area contributed by atoms with Crippen molar-refractivity contribution in [2.45, 2.75) is 18.7 Å². The van der Waals surface area contributed by atoms with Crippen LogP contribution in [0.15, 0.2) is 47.4 Å². The number of nitrogens with one attached hydrogen (secondary N) is 2. The molecular weight excluding hydrogens is 395 g/mol. The van der Waals surface area contributed by atoms with Crippen molar-refractivity contribution in [1.29, 1.82) is 0 Å². The fourth-order valence-corrected chi connectivity index (χ4v) is 3.39. The van der Waals surface area contributed by atoms with Crippen LogP contribution in [0.25, 0.3) is 0 Å². The van der Waals surface area contributed by atoms with Gasteiger partial charge in [-0.1, -0.05) is 25.4 Å². The predicted octanol–water partition coefficient (Wildman–Crippen LogP) is 3.43. The minimum absolute atomic E-state index is 0.100. The lowest BCUT2D eigenvalue weighted by molar-refractivity contribution is -0.118. The summed E-state index contributed by atoms with van der Waals surface area (Å²) in [5.41, 5.74) is 0.340. The zero-order chi connectivity index (χ0) is 20.0. The molecule has 0 saturated carbocycles. The molecule has 0 heterocycles. The molecule has 0 aliphatic heterocycles. The van der Waals surface area contributed by atoms with Gasteiger partial charge in [-0.05, 0) is 48.4 Å². The van der Waals surface area contributed by atoms with Crippen molar-refractivity contribution in [1.82, 2.24) is 4.72 Å². The SMILES string of the molecule is CC(C)CNS(=O)(=O)c1ccc(OCC(=O)Nc2ccc(F)c(Cl)c2)cc1. The van der Waals surface area contributed by atoms with Crippen LogP contribution in [-0.4, -0.2) is 27.5 Å². The average molecular weight is 415 g/mol. The van der Waals surface area contributed by atoms with E-state index >= 15 is 0 Å². The largest absolute Gasteiger partial charge is 0.484 e. The second-order valence-electron chi connectivity index (χ2n) is 6.18. The molecule has 0 unspecified atom stereocenters. The fraction of sp³-hybridized carbons (Fsp3) is 0.278.